The summed E-state index contributed by atoms with van der Waals surface area (Å²) < 4.78 is 2.01. The van der Waals surface area contributed by atoms with Crippen molar-refractivity contribution in [3.8, 4) is 0 Å². The number of carbonyl (C=O) groups excluding carboxylic acids is 1. The minimum atomic E-state index is 0.223. The molecule has 4 nitrogen and oxygen atoms in total. The second kappa shape index (κ2) is 7.95. The van der Waals surface area contributed by atoms with Gasteiger partial charge in [0.1, 0.15) is 5.65 Å². The van der Waals surface area contributed by atoms with Gasteiger partial charge < -0.3 is 9.30 Å². The first-order chi connectivity index (χ1) is 13.2. The van der Waals surface area contributed by atoms with Gasteiger partial charge >= 0.3 is 0 Å². The highest BCUT2D eigenvalue weighted by Gasteiger charge is 2.24. The molecule has 4 heteroatoms. The predicted octanol–water partition coefficient (Wildman–Crippen LogP) is 4.06. The lowest BCUT2D eigenvalue weighted by atomic mass is 9.90. The third-order valence-electron chi connectivity index (χ3n) is 5.78. The molecule has 1 atom stereocenters. The van der Waals surface area contributed by atoms with Gasteiger partial charge in [0, 0.05) is 25.5 Å². The molecule has 4 rings (SSSR count). The summed E-state index contributed by atoms with van der Waals surface area (Å²) in [6, 6.07) is 14.5. The number of nitrogens with zero attached hydrogens (tertiary/aromatic N) is 3. The summed E-state index contributed by atoms with van der Waals surface area (Å²) in [5, 5.41) is 0. The summed E-state index contributed by atoms with van der Waals surface area (Å²) in [5.74, 6) is 0.825. The summed E-state index contributed by atoms with van der Waals surface area (Å²) in [4.78, 5) is 19.3. The number of piperidine rings is 1. The number of benzene rings is 1. The molecule has 1 aromatic carbocycles. The van der Waals surface area contributed by atoms with E-state index in [1.54, 1.807) is 0 Å². The number of hydrogen-bond acceptors (Lipinski definition) is 2. The monoisotopic (exact) mass is 361 g/mol. The van der Waals surface area contributed by atoms with Crippen molar-refractivity contribution < 1.29 is 4.79 Å². The third-order valence-corrected chi connectivity index (χ3v) is 5.78. The number of rotatable bonds is 5. The molecule has 0 saturated carbocycles. The molecule has 0 radical (unpaired) electrons. The molecule has 1 amide bonds. The number of imidazole rings is 1. The summed E-state index contributed by atoms with van der Waals surface area (Å²) in [7, 11) is 0. The molecule has 140 valence electrons. The minimum Gasteiger partial charge on any atom is -0.342 e. The van der Waals surface area contributed by atoms with Crippen LogP contribution in [-0.2, 0) is 17.6 Å². The second-order valence-electron chi connectivity index (χ2n) is 7.67. The fourth-order valence-electron chi connectivity index (χ4n) is 4.16. The van der Waals surface area contributed by atoms with E-state index in [2.05, 4.69) is 41.1 Å². The SMILES string of the molecule is Cc1ccccc1CCC1CCCN(C(=O)Cc2cnc3ccccn23)C1. The molecule has 1 fully saturated rings. The van der Waals surface area contributed by atoms with E-state index in [0.717, 1.165) is 43.7 Å². The van der Waals surface area contributed by atoms with E-state index in [1.807, 2.05) is 35.0 Å². The zero-order valence-corrected chi connectivity index (χ0v) is 16.0. The molecule has 1 aliphatic rings. The largest absolute Gasteiger partial charge is 0.342 e. The van der Waals surface area contributed by atoms with Gasteiger partial charge in [0.15, 0.2) is 0 Å². The third kappa shape index (κ3) is 4.05. The van der Waals surface area contributed by atoms with Crippen LogP contribution in [-0.4, -0.2) is 33.3 Å². The lowest BCUT2D eigenvalue weighted by molar-refractivity contribution is -0.132. The maximum absolute atomic E-state index is 12.9. The lowest BCUT2D eigenvalue weighted by Crippen LogP contribution is -2.41. The molecular formula is C23H27N3O. The molecule has 1 aliphatic heterocycles. The maximum Gasteiger partial charge on any atom is 0.228 e. The Hall–Kier alpha value is -2.62. The highest BCUT2D eigenvalue weighted by molar-refractivity contribution is 5.78. The fourth-order valence-corrected chi connectivity index (χ4v) is 4.16. The van der Waals surface area contributed by atoms with E-state index in [-0.39, 0.29) is 5.91 Å². The van der Waals surface area contributed by atoms with Gasteiger partial charge in [-0.1, -0.05) is 30.3 Å². The second-order valence-corrected chi connectivity index (χ2v) is 7.67. The Labute approximate surface area is 160 Å². The van der Waals surface area contributed by atoms with Crippen LogP contribution in [0.5, 0.6) is 0 Å². The molecule has 3 aromatic rings. The van der Waals surface area contributed by atoms with E-state index in [9.17, 15) is 4.79 Å². The number of aromatic nitrogens is 2. The van der Waals surface area contributed by atoms with Crippen LogP contribution in [0.2, 0.25) is 0 Å². The Morgan fingerprint density at radius 2 is 2.04 bits per heavy atom. The minimum absolute atomic E-state index is 0.223. The number of aryl methyl sites for hydroxylation is 2. The zero-order chi connectivity index (χ0) is 18.6. The van der Waals surface area contributed by atoms with Crippen LogP contribution < -0.4 is 0 Å². The normalized spacial score (nSPS) is 17.4. The molecule has 0 aliphatic carbocycles. The standard InChI is InChI=1S/C23H27N3O/c1-18-7-2-3-9-20(18)12-11-19-8-6-13-25(17-19)23(27)15-21-16-24-22-10-4-5-14-26(21)22/h2-5,7,9-10,14,16,19H,6,8,11-13,15,17H2,1H3. The van der Waals surface area contributed by atoms with E-state index < -0.39 is 0 Å². The lowest BCUT2D eigenvalue weighted by Gasteiger charge is -2.33. The number of fused-ring (bicyclic) bond motifs is 1. The Bertz CT molecular complexity index is 930. The molecule has 1 saturated heterocycles. The van der Waals surface area contributed by atoms with E-state index in [4.69, 9.17) is 0 Å². The smallest absolute Gasteiger partial charge is 0.228 e. The van der Waals surface area contributed by atoms with Gasteiger partial charge in [-0.25, -0.2) is 4.98 Å². The predicted molar refractivity (Wildman–Crippen MR) is 108 cm³/mol. The van der Waals surface area contributed by atoms with E-state index in [0.29, 0.717) is 12.3 Å². The van der Waals surface area contributed by atoms with Crippen molar-refractivity contribution in [2.24, 2.45) is 5.92 Å². The first-order valence-corrected chi connectivity index (χ1v) is 9.94. The summed E-state index contributed by atoms with van der Waals surface area (Å²) >= 11 is 0. The average Bonchev–Trinajstić information content (AvgIpc) is 3.10. The van der Waals surface area contributed by atoms with E-state index in [1.165, 1.54) is 17.5 Å². The molecule has 2 aromatic heterocycles. The van der Waals surface area contributed by atoms with Gasteiger partial charge in [0.05, 0.1) is 12.1 Å². The van der Waals surface area contributed by atoms with Gasteiger partial charge in [-0.3, -0.25) is 4.79 Å². The van der Waals surface area contributed by atoms with Gasteiger partial charge in [-0.05, 0) is 61.8 Å². The van der Waals surface area contributed by atoms with Crippen molar-refractivity contribution in [3.63, 3.8) is 0 Å². The number of pyridine rings is 1. The Morgan fingerprint density at radius 3 is 2.93 bits per heavy atom. The van der Waals surface area contributed by atoms with Crippen LogP contribution in [0.4, 0.5) is 0 Å². The molecule has 1 unspecified atom stereocenters. The zero-order valence-electron chi connectivity index (χ0n) is 16.0. The van der Waals surface area contributed by atoms with Crippen LogP contribution in [0, 0.1) is 12.8 Å². The average molecular weight is 361 g/mol. The number of likely N-dealkylation sites (tertiary alicyclic amines) is 1. The maximum atomic E-state index is 12.9. The summed E-state index contributed by atoms with van der Waals surface area (Å²) in [5.41, 5.74) is 4.67. The van der Waals surface area contributed by atoms with Gasteiger partial charge in [-0.2, -0.15) is 0 Å². The fraction of sp³-hybridized carbons (Fsp3) is 0.391. The molecule has 0 bridgehead atoms. The van der Waals surface area contributed by atoms with Crippen molar-refractivity contribution >= 4 is 11.6 Å². The molecule has 0 spiro atoms. The van der Waals surface area contributed by atoms with Gasteiger partial charge in [0.2, 0.25) is 5.91 Å². The van der Waals surface area contributed by atoms with Crippen LogP contribution in [0.1, 0.15) is 36.1 Å². The summed E-state index contributed by atoms with van der Waals surface area (Å²) in [6.45, 7) is 3.96. The number of hydrogen-bond donors (Lipinski definition) is 0. The first kappa shape index (κ1) is 17.8. The van der Waals surface area contributed by atoms with Gasteiger partial charge in [0.25, 0.3) is 0 Å². The molecule has 3 heterocycles. The van der Waals surface area contributed by atoms with Gasteiger partial charge in [-0.15, -0.1) is 0 Å². The highest BCUT2D eigenvalue weighted by atomic mass is 16.2. The first-order valence-electron chi connectivity index (χ1n) is 9.94. The Kier molecular flexibility index (Phi) is 5.23. The molecule has 0 N–H and O–H groups in total. The van der Waals surface area contributed by atoms with Crippen molar-refractivity contribution in [1.29, 1.82) is 0 Å². The highest BCUT2D eigenvalue weighted by Crippen LogP contribution is 2.23. The topological polar surface area (TPSA) is 37.6 Å². The van der Waals surface area contributed by atoms with Crippen LogP contribution >= 0.6 is 0 Å². The van der Waals surface area contributed by atoms with Crippen molar-refractivity contribution in [2.45, 2.75) is 39.0 Å². The van der Waals surface area contributed by atoms with Crippen molar-refractivity contribution in [1.82, 2.24) is 14.3 Å². The molecular weight excluding hydrogens is 334 g/mol. The molecule has 27 heavy (non-hydrogen) atoms. The Balaban J connectivity index is 1.36. The van der Waals surface area contributed by atoms with Crippen LogP contribution in [0.15, 0.2) is 54.9 Å². The van der Waals surface area contributed by atoms with E-state index >= 15 is 0 Å². The Morgan fingerprint density at radius 1 is 1.19 bits per heavy atom. The van der Waals surface area contributed by atoms with Crippen molar-refractivity contribution in [3.05, 3.63) is 71.7 Å². The quantitative estimate of drug-likeness (QED) is 0.687. The van der Waals surface area contributed by atoms with Crippen molar-refractivity contribution in [2.75, 3.05) is 13.1 Å². The van der Waals surface area contributed by atoms with Crippen LogP contribution in [0.3, 0.4) is 0 Å². The summed E-state index contributed by atoms with van der Waals surface area (Å²) in [6.07, 6.45) is 8.83. The van der Waals surface area contributed by atoms with Crippen LogP contribution in [0.25, 0.3) is 5.65 Å². The number of amides is 1. The number of carbonyl (C=O) groups is 1.